The molecule has 0 radical (unpaired) electrons. The first-order chi connectivity index (χ1) is 14.4. The van der Waals surface area contributed by atoms with E-state index in [4.69, 9.17) is 0 Å². The Hall–Kier alpha value is -2.70. The molecule has 1 aromatic carbocycles. The van der Waals surface area contributed by atoms with E-state index in [9.17, 15) is 31.5 Å². The summed E-state index contributed by atoms with van der Waals surface area (Å²) in [5, 5.41) is 13.1. The van der Waals surface area contributed by atoms with Crippen molar-refractivity contribution in [2.24, 2.45) is 7.05 Å². The van der Waals surface area contributed by atoms with Crippen LogP contribution in [0.4, 0.5) is 13.2 Å². The van der Waals surface area contributed by atoms with Crippen molar-refractivity contribution in [1.29, 1.82) is 0 Å². The van der Waals surface area contributed by atoms with Gasteiger partial charge in [0.15, 0.2) is 5.69 Å². The Morgan fingerprint density at radius 2 is 1.94 bits per heavy atom. The van der Waals surface area contributed by atoms with Gasteiger partial charge >= 0.3 is 12.1 Å². The maximum atomic E-state index is 12.9. The number of hydrogen-bond donors (Lipinski definition) is 2. The molecule has 2 N–H and O–H groups in total. The van der Waals surface area contributed by atoms with Crippen molar-refractivity contribution in [3.63, 3.8) is 0 Å². The molecule has 0 aliphatic heterocycles. The topological polar surface area (TPSA) is 101 Å². The number of rotatable bonds is 6. The van der Waals surface area contributed by atoms with Crippen LogP contribution in [0.1, 0.15) is 23.6 Å². The van der Waals surface area contributed by atoms with E-state index in [2.05, 4.69) is 9.82 Å². The molecule has 1 aliphatic rings. The smallest absolute Gasteiger partial charge is 0.435 e. The summed E-state index contributed by atoms with van der Waals surface area (Å²) in [5.74, 6) is -1.81. The number of hydrogen-bond acceptors (Lipinski definition) is 5. The van der Waals surface area contributed by atoms with Gasteiger partial charge in [-0.3, -0.25) is 9.48 Å². The first-order valence-corrected chi connectivity index (χ1v) is 11.3. The predicted octanol–water partition coefficient (Wildman–Crippen LogP) is 3.46. The lowest BCUT2D eigenvalue weighted by atomic mass is 10.1. The van der Waals surface area contributed by atoms with E-state index in [1.165, 1.54) is 19.2 Å². The Morgan fingerprint density at radius 3 is 2.52 bits per heavy atom. The van der Waals surface area contributed by atoms with Crippen molar-refractivity contribution in [2.45, 2.75) is 28.3 Å². The molecule has 2 unspecified atom stereocenters. The summed E-state index contributed by atoms with van der Waals surface area (Å²) in [5.41, 5.74) is -1.95. The van der Waals surface area contributed by atoms with Gasteiger partial charge in [-0.15, -0.1) is 11.3 Å². The molecule has 1 aliphatic carbocycles. The average molecular weight is 471 g/mol. The number of nitrogens with zero attached hydrogens (tertiary/aromatic N) is 2. The molecular weight excluding hydrogens is 455 g/mol. The van der Waals surface area contributed by atoms with Crippen molar-refractivity contribution in [1.82, 2.24) is 14.5 Å². The minimum absolute atomic E-state index is 0.0975. The van der Waals surface area contributed by atoms with E-state index in [1.807, 2.05) is 0 Å². The van der Waals surface area contributed by atoms with Crippen LogP contribution in [0.5, 0.6) is 0 Å². The Labute approximate surface area is 179 Å². The normalized spacial score (nSPS) is 21.2. The van der Waals surface area contributed by atoms with Crippen molar-refractivity contribution in [2.75, 3.05) is 0 Å². The van der Waals surface area contributed by atoms with Gasteiger partial charge in [0.05, 0.1) is 10.6 Å². The molecule has 2 atom stereocenters. The van der Waals surface area contributed by atoms with Gasteiger partial charge in [0.1, 0.15) is 9.75 Å². The number of aryl methyl sites for hydroxylation is 1. The molecule has 2 aromatic heterocycles. The molecule has 12 heteroatoms. The number of alkyl halides is 3. The third-order valence-corrected chi connectivity index (χ3v) is 8.24. The number of aromatic nitrogens is 2. The van der Waals surface area contributed by atoms with E-state index in [1.54, 1.807) is 30.3 Å². The second-order valence-corrected chi connectivity index (χ2v) is 10.2. The molecule has 4 rings (SSSR count). The molecule has 7 nitrogen and oxygen atoms in total. The third-order valence-electron chi connectivity index (χ3n) is 5.13. The van der Waals surface area contributed by atoms with Gasteiger partial charge in [-0.2, -0.15) is 23.0 Å². The molecular formula is C19H16F3N3O4S2. The zero-order valence-corrected chi connectivity index (χ0v) is 17.6. The van der Waals surface area contributed by atoms with Gasteiger partial charge in [0.25, 0.3) is 10.0 Å². The van der Waals surface area contributed by atoms with Crippen LogP contribution >= 0.6 is 11.3 Å². The van der Waals surface area contributed by atoms with Crippen molar-refractivity contribution in [3.8, 4) is 10.6 Å². The monoisotopic (exact) mass is 471 g/mol. The minimum atomic E-state index is -4.63. The van der Waals surface area contributed by atoms with Gasteiger partial charge in [-0.1, -0.05) is 30.3 Å². The summed E-state index contributed by atoms with van der Waals surface area (Å²) in [7, 11) is -2.90. The fourth-order valence-corrected chi connectivity index (χ4v) is 6.23. The van der Waals surface area contributed by atoms with Gasteiger partial charge in [0.2, 0.25) is 0 Å². The third kappa shape index (κ3) is 3.86. The van der Waals surface area contributed by atoms with Crippen molar-refractivity contribution < 1.29 is 31.5 Å². The Balaban J connectivity index is 1.62. The molecule has 0 bridgehead atoms. The van der Waals surface area contributed by atoms with Crippen LogP contribution in [-0.2, 0) is 28.0 Å². The average Bonchev–Trinajstić information content (AvgIpc) is 3.02. The van der Waals surface area contributed by atoms with Crippen LogP contribution in [0.25, 0.3) is 10.6 Å². The van der Waals surface area contributed by atoms with Crippen LogP contribution < -0.4 is 4.72 Å². The van der Waals surface area contributed by atoms with Crippen LogP contribution in [0.15, 0.2) is 52.7 Å². The number of benzene rings is 1. The summed E-state index contributed by atoms with van der Waals surface area (Å²) in [6.45, 7) is 0. The number of carboxylic acid groups (broad SMARTS) is 1. The van der Waals surface area contributed by atoms with E-state index < -0.39 is 39.3 Å². The zero-order chi connectivity index (χ0) is 22.6. The van der Waals surface area contributed by atoms with E-state index in [0.717, 1.165) is 22.1 Å². The van der Waals surface area contributed by atoms with Crippen LogP contribution in [0.3, 0.4) is 0 Å². The molecule has 0 saturated heterocycles. The first-order valence-electron chi connectivity index (χ1n) is 8.98. The standard InChI is InChI=1S/C19H16F3N3O4S2/c1-25-13(9-15(23-25)19(20,21)22)14-7-8-16(30-14)31(28,29)24-18(17(26)27)10-12(18)11-5-3-2-4-6-11/h2-9,12,24H,10H2,1H3,(H,26,27). The van der Waals surface area contributed by atoms with E-state index in [0.29, 0.717) is 5.56 Å². The van der Waals surface area contributed by atoms with Gasteiger partial charge in [-0.25, -0.2) is 8.42 Å². The molecule has 2 heterocycles. The highest BCUT2D eigenvalue weighted by Crippen LogP contribution is 2.52. The lowest BCUT2D eigenvalue weighted by Gasteiger charge is -2.14. The number of halogens is 3. The van der Waals surface area contributed by atoms with Crippen LogP contribution in [0.2, 0.25) is 0 Å². The highest BCUT2D eigenvalue weighted by atomic mass is 32.2. The van der Waals surface area contributed by atoms with Crippen LogP contribution in [-0.4, -0.2) is 34.8 Å². The molecule has 31 heavy (non-hydrogen) atoms. The number of carbonyl (C=O) groups is 1. The second kappa shape index (κ2) is 7.18. The predicted molar refractivity (Wildman–Crippen MR) is 106 cm³/mol. The number of nitrogens with one attached hydrogen (secondary N) is 1. The van der Waals surface area contributed by atoms with Gasteiger partial charge in [-0.05, 0) is 30.2 Å². The number of thiophene rings is 1. The SMILES string of the molecule is Cn1nc(C(F)(F)F)cc1-c1ccc(S(=O)(=O)NC2(C(=O)O)CC2c2ccccc2)s1. The maximum absolute atomic E-state index is 12.9. The highest BCUT2D eigenvalue weighted by Gasteiger charge is 2.63. The summed E-state index contributed by atoms with van der Waals surface area (Å²) in [6, 6.07) is 12.1. The summed E-state index contributed by atoms with van der Waals surface area (Å²) >= 11 is 0.737. The van der Waals surface area contributed by atoms with Gasteiger partial charge < -0.3 is 5.11 Å². The van der Waals surface area contributed by atoms with Crippen molar-refractivity contribution >= 4 is 27.3 Å². The highest BCUT2D eigenvalue weighted by molar-refractivity contribution is 7.91. The number of aliphatic carboxylic acids is 1. The molecule has 0 spiro atoms. The fourth-order valence-electron chi connectivity index (χ4n) is 3.47. The molecule has 1 fully saturated rings. The molecule has 164 valence electrons. The number of carboxylic acids is 1. The van der Waals surface area contributed by atoms with E-state index >= 15 is 0 Å². The Morgan fingerprint density at radius 1 is 1.26 bits per heavy atom. The lowest BCUT2D eigenvalue weighted by molar-refractivity contribution is -0.141. The maximum Gasteiger partial charge on any atom is 0.435 e. The Bertz CT molecular complexity index is 1250. The van der Waals surface area contributed by atoms with Crippen molar-refractivity contribution in [3.05, 3.63) is 59.8 Å². The van der Waals surface area contributed by atoms with Crippen LogP contribution in [0, 0.1) is 0 Å². The summed E-state index contributed by atoms with van der Waals surface area (Å²) < 4.78 is 67.6. The van der Waals surface area contributed by atoms with Gasteiger partial charge in [0, 0.05) is 13.0 Å². The lowest BCUT2D eigenvalue weighted by Crippen LogP contribution is -2.44. The first kappa shape index (κ1) is 21.5. The summed E-state index contributed by atoms with van der Waals surface area (Å²) in [6.07, 6.45) is -4.53. The molecule has 0 amide bonds. The largest absolute Gasteiger partial charge is 0.480 e. The zero-order valence-electron chi connectivity index (χ0n) is 15.9. The molecule has 1 saturated carbocycles. The quantitative estimate of drug-likeness (QED) is 0.574. The Kier molecular flexibility index (Phi) is 4.98. The fraction of sp³-hybridized carbons (Fsp3) is 0.263. The molecule has 3 aromatic rings. The number of sulfonamides is 1. The summed E-state index contributed by atoms with van der Waals surface area (Å²) in [4.78, 5) is 12.2. The minimum Gasteiger partial charge on any atom is -0.480 e. The second-order valence-electron chi connectivity index (χ2n) is 7.20. The van der Waals surface area contributed by atoms with E-state index in [-0.39, 0.29) is 21.2 Å².